The minimum atomic E-state index is -0.979. The van der Waals surface area contributed by atoms with E-state index in [9.17, 15) is 4.79 Å². The molecular weight excluding hydrogens is 232 g/mol. The number of aryl methyl sites for hydroxylation is 1. The number of para-hydroxylation sites is 1. The number of carbonyl (C=O) groups is 1. The number of nitrogens with zero attached hydrogens (tertiary/aromatic N) is 2. The van der Waals surface area contributed by atoms with E-state index in [0.717, 1.165) is 5.56 Å². The van der Waals surface area contributed by atoms with Crippen LogP contribution in [0.25, 0.3) is 0 Å². The number of ether oxygens (including phenoxy) is 1. The van der Waals surface area contributed by atoms with Gasteiger partial charge in [-0.3, -0.25) is 4.68 Å². The van der Waals surface area contributed by atoms with E-state index in [-0.39, 0.29) is 5.56 Å². The Kier molecular flexibility index (Phi) is 3.62. The summed E-state index contributed by atoms with van der Waals surface area (Å²) in [6, 6.07) is 6.91. The average molecular weight is 246 g/mol. The molecule has 1 aromatic heterocycles. The fourth-order valence-electron chi connectivity index (χ4n) is 1.69. The highest BCUT2D eigenvalue weighted by Crippen LogP contribution is 2.23. The molecule has 2 rings (SSSR count). The molecule has 0 bridgehead atoms. The van der Waals surface area contributed by atoms with Crippen molar-refractivity contribution < 1.29 is 14.6 Å². The number of hydrogen-bond donors (Lipinski definition) is 1. The van der Waals surface area contributed by atoms with Crippen molar-refractivity contribution in [3.8, 4) is 5.75 Å². The normalized spacial score (nSPS) is 10.3. The van der Waals surface area contributed by atoms with Crippen molar-refractivity contribution in [2.75, 3.05) is 6.61 Å². The fourth-order valence-corrected chi connectivity index (χ4v) is 1.69. The van der Waals surface area contributed by atoms with Gasteiger partial charge >= 0.3 is 5.97 Å². The van der Waals surface area contributed by atoms with Crippen molar-refractivity contribution >= 4 is 5.97 Å². The summed E-state index contributed by atoms with van der Waals surface area (Å²) in [7, 11) is 0. The lowest BCUT2D eigenvalue weighted by atomic mass is 10.1. The van der Waals surface area contributed by atoms with Crippen LogP contribution in [0.15, 0.2) is 36.7 Å². The van der Waals surface area contributed by atoms with Crippen LogP contribution in [-0.4, -0.2) is 27.5 Å². The predicted octanol–water partition coefficient (Wildman–Crippen LogP) is 1.97. The van der Waals surface area contributed by atoms with E-state index in [2.05, 4.69) is 5.10 Å². The zero-order chi connectivity index (χ0) is 13.0. The zero-order valence-electron chi connectivity index (χ0n) is 10.0. The Hall–Kier alpha value is -2.30. The van der Waals surface area contributed by atoms with Gasteiger partial charge in [0.15, 0.2) is 0 Å². The van der Waals surface area contributed by atoms with Crippen LogP contribution in [0, 0.1) is 6.92 Å². The number of carboxylic acids is 1. The highest BCUT2D eigenvalue weighted by atomic mass is 16.5. The molecule has 2 aromatic rings. The lowest BCUT2D eigenvalue weighted by molar-refractivity contribution is 0.0692. The van der Waals surface area contributed by atoms with Crippen molar-refractivity contribution in [1.29, 1.82) is 0 Å². The fraction of sp³-hybridized carbons (Fsp3) is 0.231. The third-order valence-electron chi connectivity index (χ3n) is 2.57. The van der Waals surface area contributed by atoms with Crippen LogP contribution in [0.2, 0.25) is 0 Å². The zero-order valence-corrected chi connectivity index (χ0v) is 10.0. The molecule has 0 aliphatic heterocycles. The standard InChI is InChI=1S/C13H14N2O3/c1-10-4-2-5-11(13(16)17)12(10)18-9-8-15-7-3-6-14-15/h2-7H,8-9H2,1H3,(H,16,17). The van der Waals surface area contributed by atoms with Crippen LogP contribution in [0.1, 0.15) is 15.9 Å². The van der Waals surface area contributed by atoms with Gasteiger partial charge < -0.3 is 9.84 Å². The third-order valence-corrected chi connectivity index (χ3v) is 2.57. The first kappa shape index (κ1) is 12.2. The first-order valence-electron chi connectivity index (χ1n) is 5.61. The number of rotatable bonds is 5. The predicted molar refractivity (Wildman–Crippen MR) is 65.9 cm³/mol. The lowest BCUT2D eigenvalue weighted by Gasteiger charge is -2.11. The van der Waals surface area contributed by atoms with Gasteiger partial charge in [0.05, 0.1) is 6.54 Å². The summed E-state index contributed by atoms with van der Waals surface area (Å²) in [4.78, 5) is 11.1. The summed E-state index contributed by atoms with van der Waals surface area (Å²) in [5, 5.41) is 13.1. The number of benzene rings is 1. The molecule has 18 heavy (non-hydrogen) atoms. The first-order chi connectivity index (χ1) is 8.68. The second kappa shape index (κ2) is 5.35. The molecule has 5 heteroatoms. The van der Waals surface area contributed by atoms with Gasteiger partial charge in [-0.15, -0.1) is 0 Å². The molecule has 1 aromatic carbocycles. The van der Waals surface area contributed by atoms with Gasteiger partial charge in [0.1, 0.15) is 17.9 Å². The molecule has 0 aliphatic rings. The molecule has 5 nitrogen and oxygen atoms in total. The van der Waals surface area contributed by atoms with E-state index >= 15 is 0 Å². The Bertz CT molecular complexity index is 535. The molecule has 0 unspecified atom stereocenters. The average Bonchev–Trinajstić information content (AvgIpc) is 2.84. The maximum Gasteiger partial charge on any atom is 0.339 e. The molecule has 1 N–H and O–H groups in total. The van der Waals surface area contributed by atoms with Crippen molar-refractivity contribution in [2.45, 2.75) is 13.5 Å². The van der Waals surface area contributed by atoms with E-state index in [1.807, 2.05) is 25.3 Å². The highest BCUT2D eigenvalue weighted by Gasteiger charge is 2.12. The largest absolute Gasteiger partial charge is 0.490 e. The van der Waals surface area contributed by atoms with Gasteiger partial charge in [-0.2, -0.15) is 5.10 Å². The van der Waals surface area contributed by atoms with Crippen LogP contribution in [0.3, 0.4) is 0 Å². The molecule has 0 saturated heterocycles. The van der Waals surface area contributed by atoms with Crippen molar-refractivity contribution in [3.63, 3.8) is 0 Å². The van der Waals surface area contributed by atoms with Crippen LogP contribution in [0.4, 0.5) is 0 Å². The van der Waals surface area contributed by atoms with Crippen molar-refractivity contribution in [1.82, 2.24) is 9.78 Å². The molecule has 0 spiro atoms. The van der Waals surface area contributed by atoms with Gasteiger partial charge in [0, 0.05) is 12.4 Å². The van der Waals surface area contributed by atoms with Gasteiger partial charge in [-0.25, -0.2) is 4.79 Å². The Morgan fingerprint density at radius 1 is 1.44 bits per heavy atom. The Morgan fingerprint density at radius 2 is 2.28 bits per heavy atom. The lowest BCUT2D eigenvalue weighted by Crippen LogP contribution is -2.11. The number of aromatic carboxylic acids is 1. The maximum absolute atomic E-state index is 11.1. The summed E-state index contributed by atoms with van der Waals surface area (Å²) in [5.41, 5.74) is 1.01. The minimum absolute atomic E-state index is 0.190. The van der Waals surface area contributed by atoms with E-state index < -0.39 is 5.97 Å². The van der Waals surface area contributed by atoms with Crippen LogP contribution >= 0.6 is 0 Å². The van der Waals surface area contributed by atoms with Crippen LogP contribution in [-0.2, 0) is 6.54 Å². The van der Waals surface area contributed by atoms with Crippen LogP contribution < -0.4 is 4.74 Å². The summed E-state index contributed by atoms with van der Waals surface area (Å²) in [5.74, 6) is -0.551. The molecule has 1 heterocycles. The second-order valence-corrected chi connectivity index (χ2v) is 3.87. The first-order valence-corrected chi connectivity index (χ1v) is 5.61. The Morgan fingerprint density at radius 3 is 2.94 bits per heavy atom. The van der Waals surface area contributed by atoms with Gasteiger partial charge in [-0.05, 0) is 24.6 Å². The second-order valence-electron chi connectivity index (χ2n) is 3.87. The summed E-state index contributed by atoms with van der Waals surface area (Å²) in [6.07, 6.45) is 3.52. The van der Waals surface area contributed by atoms with Crippen LogP contribution in [0.5, 0.6) is 5.75 Å². The van der Waals surface area contributed by atoms with E-state index in [1.54, 1.807) is 23.0 Å². The van der Waals surface area contributed by atoms with Gasteiger partial charge in [-0.1, -0.05) is 12.1 Å². The molecule has 0 aliphatic carbocycles. The minimum Gasteiger partial charge on any atom is -0.490 e. The molecule has 94 valence electrons. The van der Waals surface area contributed by atoms with Gasteiger partial charge in [0.25, 0.3) is 0 Å². The van der Waals surface area contributed by atoms with E-state index in [4.69, 9.17) is 9.84 Å². The molecule has 0 amide bonds. The topological polar surface area (TPSA) is 64.3 Å². The molecule has 0 radical (unpaired) electrons. The number of hydrogen-bond acceptors (Lipinski definition) is 3. The summed E-state index contributed by atoms with van der Waals surface area (Å²) in [6.45, 7) is 2.79. The smallest absolute Gasteiger partial charge is 0.339 e. The van der Waals surface area contributed by atoms with Gasteiger partial charge in [0.2, 0.25) is 0 Å². The monoisotopic (exact) mass is 246 g/mol. The Labute approximate surface area is 105 Å². The molecular formula is C13H14N2O3. The molecule has 0 atom stereocenters. The third kappa shape index (κ3) is 2.68. The van der Waals surface area contributed by atoms with E-state index in [1.165, 1.54) is 0 Å². The highest BCUT2D eigenvalue weighted by molar-refractivity contribution is 5.91. The quantitative estimate of drug-likeness (QED) is 0.876. The summed E-state index contributed by atoms with van der Waals surface area (Å²) < 4.78 is 7.30. The summed E-state index contributed by atoms with van der Waals surface area (Å²) >= 11 is 0. The SMILES string of the molecule is Cc1cccc(C(=O)O)c1OCCn1cccn1. The van der Waals surface area contributed by atoms with Crippen molar-refractivity contribution in [3.05, 3.63) is 47.8 Å². The van der Waals surface area contributed by atoms with Crippen molar-refractivity contribution in [2.24, 2.45) is 0 Å². The number of aromatic nitrogens is 2. The molecule has 0 saturated carbocycles. The van der Waals surface area contributed by atoms with E-state index in [0.29, 0.717) is 18.9 Å². The molecule has 0 fully saturated rings. The Balaban J connectivity index is 2.06. The number of carboxylic acid groups (broad SMARTS) is 1. The maximum atomic E-state index is 11.1.